The third kappa shape index (κ3) is 72.2. The standard InChI is InChI=1S/C18H44O25P6.3C7H18O8P2/c1-3-17(13-19)14-42-48(29,30)39-11-9-37-46(25,26)35-7-5-33-45(23,24)34-6-8-36-47(27,28)38-10-12-40-49(31,32)43-16-18(4-2)15-41-44(20,21)22;3*1-3-7(5-14-16(8,9)10)6-15-17(11,12)13-4-2/h17-19H,3-16H2,1-2H3,(H,23,24)(H,25,26)(H,27,28)(H,29,30)(H,31,32)(H2,20,21,22);3*7H,3-6H2,1-2H3,(H,11,12)(H2,8,9,10)/p-12. The van der Waals surface area contributed by atoms with Gasteiger partial charge < -0.3 is 174 Å². The van der Waals surface area contributed by atoms with Gasteiger partial charge in [-0.2, -0.15) is 0 Å². The minimum atomic E-state index is -5.13. The normalized spacial score (nSPS) is 20.7. The number of phosphoric ester groups is 12. The lowest BCUT2D eigenvalue weighted by Gasteiger charge is -2.27. The summed E-state index contributed by atoms with van der Waals surface area (Å²) in [6.07, 6.45) is 1.88. The highest BCUT2D eigenvalue weighted by atomic mass is 31.2. The van der Waals surface area contributed by atoms with Gasteiger partial charge in [-0.25, -0.2) is 0 Å². The predicted molar refractivity (Wildman–Crippen MR) is 312 cm³/mol. The quantitative estimate of drug-likeness (QED) is 0.0326. The van der Waals surface area contributed by atoms with E-state index in [2.05, 4.69) is 90.5 Å². The van der Waals surface area contributed by atoms with Gasteiger partial charge in [0.1, 0.15) is 0 Å². The van der Waals surface area contributed by atoms with E-state index in [1.807, 2.05) is 0 Å². The SMILES string of the molecule is CCC(CO)COP(=O)([O-])OCCOP(=O)([O-])OCCOP(=O)([O-])OCCOP(=O)([O-])OCCOP(=O)([O-])OCC(CC)COP(=O)([O-])O.CCOP(=O)([O-])OCC(CC)COP(=O)([O-])O.CCOP(=O)([O-])OCC(CC)COP(=O)([O-])O.CCOP(=O)([O-])OCC(CC)COP(=O)([O-])O. The van der Waals surface area contributed by atoms with E-state index < -0.39 is 190 Å². The first-order valence-electron chi connectivity index (χ1n) is 28.7. The van der Waals surface area contributed by atoms with E-state index in [-0.39, 0.29) is 79.1 Å². The number of phosphoric acid groups is 12. The van der Waals surface area contributed by atoms with Crippen LogP contribution in [0.4, 0.5) is 0 Å². The smallest absolute Gasteiger partial charge is 0.268 e. The minimum absolute atomic E-state index is 0.0412. The van der Waals surface area contributed by atoms with Crippen molar-refractivity contribution in [1.82, 2.24) is 0 Å². The van der Waals surface area contributed by atoms with E-state index in [9.17, 15) is 114 Å². The summed E-state index contributed by atoms with van der Waals surface area (Å²) in [6, 6.07) is 0. The fraction of sp³-hybridized carbons (Fsp3) is 1.00. The highest BCUT2D eigenvalue weighted by Gasteiger charge is 2.22. The highest BCUT2D eigenvalue weighted by molar-refractivity contribution is 7.48. The number of rotatable bonds is 59. The van der Waals surface area contributed by atoms with Gasteiger partial charge >= 0.3 is 0 Å². The second-order valence-corrected chi connectivity index (χ2v) is 34.7. The summed E-state index contributed by atoms with van der Waals surface area (Å²) < 4.78 is 220. The molecule has 0 radical (unpaired) electrons. The molecule has 100 heavy (non-hydrogen) atoms. The molecule has 0 fully saturated rings. The van der Waals surface area contributed by atoms with E-state index in [0.29, 0.717) is 25.7 Å². The van der Waals surface area contributed by atoms with Crippen molar-refractivity contribution in [3.05, 3.63) is 0 Å². The maximum Gasteiger partial charge on any atom is 0.268 e. The number of hydrogen-bond donors (Lipinski definition) is 5. The maximum absolute atomic E-state index is 11.7. The molecule has 0 amide bonds. The third-order valence-electron chi connectivity index (χ3n) is 10.6. The summed E-state index contributed by atoms with van der Waals surface area (Å²) in [6.45, 7) is 1.87. The van der Waals surface area contributed by atoms with Crippen molar-refractivity contribution in [3.63, 3.8) is 0 Å². The van der Waals surface area contributed by atoms with Crippen molar-refractivity contribution in [3.8, 4) is 0 Å². The second-order valence-electron chi connectivity index (χ2n) is 18.6. The van der Waals surface area contributed by atoms with Gasteiger partial charge in [0.2, 0.25) is 0 Å². The zero-order valence-corrected chi connectivity index (χ0v) is 65.6. The van der Waals surface area contributed by atoms with E-state index in [1.165, 1.54) is 20.8 Å². The summed E-state index contributed by atoms with van der Waals surface area (Å²) in [4.78, 5) is 167. The lowest BCUT2D eigenvalue weighted by molar-refractivity contribution is -0.238. The van der Waals surface area contributed by atoms with Gasteiger partial charge in [-0.15, -0.1) is 0 Å². The molecule has 0 aromatic heterocycles. The molecule has 5 N–H and O–H groups in total. The number of aliphatic hydroxyl groups excluding tert-OH is 1. The van der Waals surface area contributed by atoms with E-state index in [1.54, 1.807) is 34.6 Å². The molecule has 0 saturated heterocycles. The van der Waals surface area contributed by atoms with Crippen molar-refractivity contribution < 1.29 is 229 Å². The van der Waals surface area contributed by atoms with Crippen LogP contribution in [-0.4, -0.2) is 163 Å². The van der Waals surface area contributed by atoms with Crippen molar-refractivity contribution in [2.45, 2.75) is 87.5 Å². The fourth-order valence-corrected chi connectivity index (χ4v) is 12.7. The lowest BCUT2D eigenvalue weighted by atomic mass is 10.1. The first-order valence-corrected chi connectivity index (χ1v) is 46.4. The average Bonchev–Trinajstić information content (AvgIpc) is 0.949. The van der Waals surface area contributed by atoms with Gasteiger partial charge in [0.25, 0.3) is 93.9 Å². The van der Waals surface area contributed by atoms with E-state index in [4.69, 9.17) is 24.7 Å². The average molecular weight is 1710 g/mol. The molecule has 17 unspecified atom stereocenters. The Kier molecular flexibility index (Phi) is 59.0. The summed E-state index contributed by atoms with van der Waals surface area (Å²) in [7, 11) is -57.6. The summed E-state index contributed by atoms with van der Waals surface area (Å²) >= 11 is 0. The van der Waals surface area contributed by atoms with Gasteiger partial charge in [0, 0.05) is 36.2 Å². The van der Waals surface area contributed by atoms with Crippen LogP contribution in [0.5, 0.6) is 0 Å². The zero-order valence-electron chi connectivity index (χ0n) is 54.8. The van der Waals surface area contributed by atoms with Crippen LogP contribution in [0.3, 0.4) is 0 Å². The Bertz CT molecular complexity index is 2610. The molecule has 608 valence electrons. The molecule has 0 bridgehead atoms. The van der Waals surface area contributed by atoms with E-state index in [0.717, 1.165) is 0 Å². The van der Waals surface area contributed by atoms with Crippen LogP contribution < -0.4 is 58.7 Å². The molecule has 0 aliphatic heterocycles. The van der Waals surface area contributed by atoms with Crippen LogP contribution in [0.2, 0.25) is 0 Å². The molecule has 0 saturated carbocycles. The molecular weight excluding hydrogens is 1620 g/mol. The van der Waals surface area contributed by atoms with Crippen LogP contribution in [0.1, 0.15) is 87.5 Å². The van der Waals surface area contributed by atoms with Crippen molar-refractivity contribution in [1.29, 1.82) is 0 Å². The molecular formula is C39H86O49P12-12. The van der Waals surface area contributed by atoms with Crippen LogP contribution in [0.25, 0.3) is 0 Å². The first-order chi connectivity index (χ1) is 45.6. The Morgan fingerprint density at radius 2 is 0.350 bits per heavy atom. The molecule has 0 spiro atoms. The van der Waals surface area contributed by atoms with Gasteiger partial charge in [-0.3, -0.25) is 54.8 Å². The lowest BCUT2D eigenvalue weighted by Crippen LogP contribution is -2.20. The Labute approximate surface area is 576 Å². The topological polar surface area (TPSA) is 767 Å². The maximum atomic E-state index is 11.7. The van der Waals surface area contributed by atoms with Crippen molar-refractivity contribution in [2.75, 3.05) is 139 Å². The Morgan fingerprint density at radius 3 is 0.480 bits per heavy atom. The molecule has 0 aliphatic carbocycles. The highest BCUT2D eigenvalue weighted by Crippen LogP contribution is 2.46. The predicted octanol–water partition coefficient (Wildman–Crippen LogP) is -1.95. The molecule has 17 atom stereocenters. The molecule has 61 heteroatoms. The Hall–Kier alpha value is 1.28. The zero-order chi connectivity index (χ0) is 78.4. The summed E-state index contributed by atoms with van der Waals surface area (Å²) in [5.41, 5.74) is 0. The molecule has 0 aliphatic rings. The molecule has 0 aromatic carbocycles. The molecule has 0 heterocycles. The van der Waals surface area contributed by atoms with Crippen molar-refractivity contribution in [2.24, 2.45) is 29.6 Å². The first kappa shape index (κ1) is 108. The molecule has 0 aromatic rings. The van der Waals surface area contributed by atoms with Gasteiger partial charge in [-0.05, 0) is 52.9 Å². The van der Waals surface area contributed by atoms with Gasteiger partial charge in [0.05, 0.1) is 132 Å². The van der Waals surface area contributed by atoms with E-state index >= 15 is 0 Å². The van der Waals surface area contributed by atoms with Crippen molar-refractivity contribution >= 4 is 93.9 Å². The molecule has 0 rings (SSSR count). The number of aliphatic hydroxyl groups is 1. The molecule has 49 nitrogen and oxygen atoms in total. The Morgan fingerprint density at radius 1 is 0.220 bits per heavy atom. The summed E-state index contributed by atoms with van der Waals surface area (Å²) in [5, 5.41) is 9.01. The second kappa shape index (κ2) is 54.8. The number of hydrogen-bond acceptors (Lipinski definition) is 45. The van der Waals surface area contributed by atoms with Crippen LogP contribution in [0.15, 0.2) is 0 Å². The minimum Gasteiger partial charge on any atom is -0.756 e. The Balaban J connectivity index is -0.000000729. The van der Waals surface area contributed by atoms with Gasteiger partial charge in [-0.1, -0.05) is 34.6 Å². The van der Waals surface area contributed by atoms with Gasteiger partial charge in [0.15, 0.2) is 0 Å². The van der Waals surface area contributed by atoms with Crippen LogP contribution in [0, 0.1) is 29.6 Å². The fourth-order valence-electron chi connectivity index (χ4n) is 5.18. The largest absolute Gasteiger partial charge is 0.756 e. The monoisotopic (exact) mass is 1710 g/mol. The third-order valence-corrected chi connectivity index (χ3v) is 20.5. The summed E-state index contributed by atoms with van der Waals surface area (Å²) in [5.74, 6) is -2.68. The van der Waals surface area contributed by atoms with Crippen LogP contribution >= 0.6 is 93.9 Å². The van der Waals surface area contributed by atoms with Crippen LogP contribution in [-0.2, 0) is 145 Å².